The quantitative estimate of drug-likeness (QED) is 0.823. The van der Waals surface area contributed by atoms with E-state index in [2.05, 4.69) is 0 Å². The molecule has 0 bridgehead atoms. The lowest BCUT2D eigenvalue weighted by atomic mass is 10.2. The molecule has 0 unspecified atom stereocenters. The van der Waals surface area contributed by atoms with Crippen molar-refractivity contribution in [2.45, 2.75) is 20.0 Å². The number of aryl methyl sites for hydroxylation is 1. The Labute approximate surface area is 89.0 Å². The summed E-state index contributed by atoms with van der Waals surface area (Å²) in [6.45, 7) is 3.98. The van der Waals surface area contributed by atoms with Gasteiger partial charge < -0.3 is 15.2 Å². The molecule has 0 radical (unpaired) electrons. The third kappa shape index (κ3) is 3.89. The summed E-state index contributed by atoms with van der Waals surface area (Å²) in [4.78, 5) is 10.4. The lowest BCUT2D eigenvalue weighted by molar-refractivity contribution is 0.0821. The third-order valence-electron chi connectivity index (χ3n) is 1.88. The Morgan fingerprint density at radius 2 is 2.13 bits per heavy atom. The molecule has 0 aliphatic rings. The molecule has 0 aliphatic carbocycles. The van der Waals surface area contributed by atoms with Gasteiger partial charge in [-0.1, -0.05) is 18.2 Å². The maximum atomic E-state index is 10.4. The molecular weight excluding hydrogens is 194 g/mol. The molecule has 0 fully saturated rings. The number of para-hydroxylation sites is 1. The molecule has 1 atom stereocenters. The summed E-state index contributed by atoms with van der Waals surface area (Å²) in [7, 11) is 0. The monoisotopic (exact) mass is 209 g/mol. The summed E-state index contributed by atoms with van der Waals surface area (Å²) in [5.74, 6) is 0.789. The maximum absolute atomic E-state index is 10.4. The van der Waals surface area contributed by atoms with Gasteiger partial charge in [0.25, 0.3) is 0 Å². The third-order valence-corrected chi connectivity index (χ3v) is 1.88. The molecule has 15 heavy (non-hydrogen) atoms. The Balaban J connectivity index is 2.43. The summed E-state index contributed by atoms with van der Waals surface area (Å²) in [6.07, 6.45) is -1.13. The van der Waals surface area contributed by atoms with E-state index in [0.29, 0.717) is 6.61 Å². The van der Waals surface area contributed by atoms with Gasteiger partial charge in [-0.3, -0.25) is 0 Å². The van der Waals surface area contributed by atoms with Crippen LogP contribution in [0.4, 0.5) is 4.79 Å². The zero-order valence-corrected chi connectivity index (χ0v) is 8.90. The summed E-state index contributed by atoms with van der Waals surface area (Å²) in [6, 6.07) is 7.65. The lowest BCUT2D eigenvalue weighted by Crippen LogP contribution is -2.25. The number of hydrogen-bond acceptors (Lipinski definition) is 3. The number of benzene rings is 1. The second-order valence-electron chi connectivity index (χ2n) is 3.32. The minimum atomic E-state index is -0.782. The highest BCUT2D eigenvalue weighted by Crippen LogP contribution is 2.16. The minimum absolute atomic E-state index is 0.299. The molecule has 1 rings (SSSR count). The van der Waals surface area contributed by atoms with Crippen molar-refractivity contribution in [3.63, 3.8) is 0 Å². The van der Waals surface area contributed by atoms with Gasteiger partial charge in [0, 0.05) is 0 Å². The SMILES string of the molecule is Cc1ccccc1OC[C@H](C)OC(N)=O. The van der Waals surface area contributed by atoms with E-state index in [1.54, 1.807) is 6.92 Å². The first kappa shape index (κ1) is 11.4. The van der Waals surface area contributed by atoms with Crippen LogP contribution in [0.3, 0.4) is 0 Å². The van der Waals surface area contributed by atoms with Crippen molar-refractivity contribution in [1.29, 1.82) is 0 Å². The maximum Gasteiger partial charge on any atom is 0.404 e. The van der Waals surface area contributed by atoms with E-state index < -0.39 is 6.09 Å². The van der Waals surface area contributed by atoms with Crippen molar-refractivity contribution in [3.8, 4) is 5.75 Å². The van der Waals surface area contributed by atoms with Crippen molar-refractivity contribution in [2.75, 3.05) is 6.61 Å². The number of rotatable bonds is 4. The van der Waals surface area contributed by atoms with Gasteiger partial charge in [0.2, 0.25) is 0 Å². The summed E-state index contributed by atoms with van der Waals surface area (Å²) < 4.78 is 10.2. The van der Waals surface area contributed by atoms with E-state index in [0.717, 1.165) is 11.3 Å². The van der Waals surface area contributed by atoms with Gasteiger partial charge in [0.15, 0.2) is 0 Å². The highest BCUT2D eigenvalue weighted by molar-refractivity contribution is 5.64. The standard InChI is InChI=1S/C11H15NO3/c1-8-5-3-4-6-10(8)14-7-9(2)15-11(12)13/h3-6,9H,7H2,1-2H3,(H2,12,13)/t9-/m0/s1. The van der Waals surface area contributed by atoms with Gasteiger partial charge in [0.1, 0.15) is 18.5 Å². The van der Waals surface area contributed by atoms with Crippen molar-refractivity contribution in [1.82, 2.24) is 0 Å². The van der Waals surface area contributed by atoms with Gasteiger partial charge in [-0.2, -0.15) is 0 Å². The Morgan fingerprint density at radius 3 is 2.73 bits per heavy atom. The lowest BCUT2D eigenvalue weighted by Gasteiger charge is -2.13. The van der Waals surface area contributed by atoms with Crippen molar-refractivity contribution in [2.24, 2.45) is 5.73 Å². The largest absolute Gasteiger partial charge is 0.489 e. The molecule has 0 spiro atoms. The van der Waals surface area contributed by atoms with E-state index in [4.69, 9.17) is 15.2 Å². The molecule has 0 aliphatic heterocycles. The van der Waals surface area contributed by atoms with Crippen LogP contribution in [0.15, 0.2) is 24.3 Å². The Hall–Kier alpha value is -1.71. The molecule has 0 aromatic heterocycles. The number of hydrogen-bond donors (Lipinski definition) is 1. The molecule has 4 heteroatoms. The van der Waals surface area contributed by atoms with Gasteiger partial charge in [0.05, 0.1) is 0 Å². The fraction of sp³-hybridized carbons (Fsp3) is 0.364. The highest BCUT2D eigenvalue weighted by Gasteiger charge is 2.07. The molecular formula is C11H15NO3. The average Bonchev–Trinajstić information content (AvgIpc) is 2.15. The number of nitrogens with two attached hydrogens (primary N) is 1. The summed E-state index contributed by atoms with van der Waals surface area (Å²) >= 11 is 0. The fourth-order valence-electron chi connectivity index (χ4n) is 1.16. The molecule has 0 heterocycles. The van der Waals surface area contributed by atoms with Crippen LogP contribution in [0.1, 0.15) is 12.5 Å². The number of carbonyl (C=O) groups excluding carboxylic acids is 1. The normalized spacial score (nSPS) is 11.9. The van der Waals surface area contributed by atoms with E-state index >= 15 is 0 Å². The predicted octanol–water partition coefficient (Wildman–Crippen LogP) is 1.86. The van der Waals surface area contributed by atoms with Gasteiger partial charge >= 0.3 is 6.09 Å². The molecule has 1 aromatic carbocycles. The smallest absolute Gasteiger partial charge is 0.404 e. The first-order valence-corrected chi connectivity index (χ1v) is 4.74. The second-order valence-corrected chi connectivity index (χ2v) is 3.32. The molecule has 2 N–H and O–H groups in total. The Morgan fingerprint density at radius 1 is 1.47 bits per heavy atom. The van der Waals surface area contributed by atoms with Crippen LogP contribution in [0.25, 0.3) is 0 Å². The van der Waals surface area contributed by atoms with Crippen LogP contribution in [-0.2, 0) is 4.74 Å². The van der Waals surface area contributed by atoms with Gasteiger partial charge in [-0.15, -0.1) is 0 Å². The van der Waals surface area contributed by atoms with E-state index in [1.807, 2.05) is 31.2 Å². The van der Waals surface area contributed by atoms with Crippen LogP contribution in [0.5, 0.6) is 5.75 Å². The molecule has 4 nitrogen and oxygen atoms in total. The topological polar surface area (TPSA) is 61.6 Å². The van der Waals surface area contributed by atoms with Crippen LogP contribution in [0.2, 0.25) is 0 Å². The first-order valence-electron chi connectivity index (χ1n) is 4.74. The summed E-state index contributed by atoms with van der Waals surface area (Å²) in [5.41, 5.74) is 5.92. The molecule has 1 aromatic rings. The van der Waals surface area contributed by atoms with Gasteiger partial charge in [-0.05, 0) is 25.5 Å². The van der Waals surface area contributed by atoms with Crippen molar-refractivity contribution in [3.05, 3.63) is 29.8 Å². The molecule has 82 valence electrons. The number of ether oxygens (including phenoxy) is 2. The fourth-order valence-corrected chi connectivity index (χ4v) is 1.16. The van der Waals surface area contributed by atoms with Crippen molar-refractivity contribution < 1.29 is 14.3 Å². The van der Waals surface area contributed by atoms with Crippen LogP contribution >= 0.6 is 0 Å². The first-order chi connectivity index (χ1) is 7.09. The highest BCUT2D eigenvalue weighted by atomic mass is 16.6. The van der Waals surface area contributed by atoms with Crippen molar-refractivity contribution >= 4 is 6.09 Å². The van der Waals surface area contributed by atoms with Crippen LogP contribution in [0, 0.1) is 6.92 Å². The molecule has 1 amide bonds. The molecule has 0 saturated heterocycles. The van der Waals surface area contributed by atoms with Crippen LogP contribution in [-0.4, -0.2) is 18.8 Å². The van der Waals surface area contributed by atoms with E-state index in [9.17, 15) is 4.79 Å². The Bertz CT molecular complexity index is 338. The Kier molecular flexibility index (Phi) is 3.97. The van der Waals surface area contributed by atoms with E-state index in [1.165, 1.54) is 0 Å². The average molecular weight is 209 g/mol. The zero-order chi connectivity index (χ0) is 11.3. The number of amides is 1. The second kappa shape index (κ2) is 5.24. The van der Waals surface area contributed by atoms with Gasteiger partial charge in [-0.25, -0.2) is 4.79 Å². The summed E-state index contributed by atoms with van der Waals surface area (Å²) in [5, 5.41) is 0. The zero-order valence-electron chi connectivity index (χ0n) is 8.90. The minimum Gasteiger partial charge on any atom is -0.489 e. The van der Waals surface area contributed by atoms with E-state index in [-0.39, 0.29) is 6.10 Å². The number of primary amides is 1. The predicted molar refractivity (Wildman–Crippen MR) is 56.8 cm³/mol. The van der Waals surface area contributed by atoms with Crippen LogP contribution < -0.4 is 10.5 Å². The molecule has 0 saturated carbocycles. The number of carbonyl (C=O) groups is 1.